The Bertz CT molecular complexity index is 730. The van der Waals surface area contributed by atoms with Crippen LogP contribution in [0.3, 0.4) is 0 Å². The van der Waals surface area contributed by atoms with Crippen LogP contribution in [-0.4, -0.2) is 34.5 Å². The van der Waals surface area contributed by atoms with Crippen LogP contribution in [0.25, 0.3) is 0 Å². The van der Waals surface area contributed by atoms with Gasteiger partial charge in [-0.15, -0.1) is 0 Å². The third-order valence-corrected chi connectivity index (χ3v) is 5.10. The van der Waals surface area contributed by atoms with Crippen molar-refractivity contribution >= 4 is 23.8 Å². The summed E-state index contributed by atoms with van der Waals surface area (Å²) in [6.45, 7) is 8.86. The Hall–Kier alpha value is -2.44. The summed E-state index contributed by atoms with van der Waals surface area (Å²) >= 11 is 0. The number of esters is 1. The predicted octanol–water partition coefficient (Wildman–Crippen LogP) is 2.47. The van der Waals surface area contributed by atoms with Crippen LogP contribution in [0.4, 0.5) is 0 Å². The van der Waals surface area contributed by atoms with Crippen molar-refractivity contribution in [3.05, 3.63) is 24.3 Å². The summed E-state index contributed by atoms with van der Waals surface area (Å²) in [5, 5.41) is 12.1. The number of fused-ring (bicyclic) bond motifs is 1. The SMILES string of the molecule is CC(C)CC(C(=O)O)C(CC12C=CC=CC1C(=O)NC2=O)C(=O)OC(C)(C)C. The lowest BCUT2D eigenvalue weighted by atomic mass is 9.66. The Balaban J connectivity index is 2.46. The number of carbonyl (C=O) groups is 4. The van der Waals surface area contributed by atoms with Gasteiger partial charge in [0.15, 0.2) is 0 Å². The van der Waals surface area contributed by atoms with E-state index < -0.39 is 52.5 Å². The van der Waals surface area contributed by atoms with Gasteiger partial charge in [0.05, 0.1) is 23.2 Å². The van der Waals surface area contributed by atoms with Gasteiger partial charge in [-0.05, 0) is 39.5 Å². The molecular weight excluding hydrogens is 362 g/mol. The van der Waals surface area contributed by atoms with E-state index in [0.717, 1.165) is 0 Å². The summed E-state index contributed by atoms with van der Waals surface area (Å²) in [5.41, 5.74) is -2.08. The summed E-state index contributed by atoms with van der Waals surface area (Å²) in [7, 11) is 0. The van der Waals surface area contributed by atoms with Crippen molar-refractivity contribution < 1.29 is 29.0 Å². The molecule has 4 unspecified atom stereocenters. The van der Waals surface area contributed by atoms with E-state index in [1.165, 1.54) is 0 Å². The number of carbonyl (C=O) groups excluding carboxylic acids is 3. The normalized spacial score (nSPS) is 26.0. The van der Waals surface area contributed by atoms with Gasteiger partial charge in [-0.2, -0.15) is 0 Å². The molecule has 1 aliphatic carbocycles. The van der Waals surface area contributed by atoms with Gasteiger partial charge in [-0.1, -0.05) is 38.2 Å². The van der Waals surface area contributed by atoms with Crippen molar-refractivity contribution in [3.8, 4) is 0 Å². The van der Waals surface area contributed by atoms with Crippen LogP contribution in [0.2, 0.25) is 0 Å². The maximum atomic E-state index is 13.0. The molecule has 1 fully saturated rings. The number of rotatable bonds is 7. The number of hydrogen-bond donors (Lipinski definition) is 2. The minimum atomic E-state index is -1.28. The van der Waals surface area contributed by atoms with Crippen LogP contribution in [0.1, 0.15) is 47.5 Å². The fraction of sp³-hybridized carbons (Fsp3) is 0.619. The van der Waals surface area contributed by atoms with Crippen molar-refractivity contribution in [3.63, 3.8) is 0 Å². The Morgan fingerprint density at radius 3 is 2.39 bits per heavy atom. The molecule has 2 aliphatic rings. The predicted molar refractivity (Wildman–Crippen MR) is 102 cm³/mol. The number of aliphatic carboxylic acids is 1. The average molecular weight is 391 g/mol. The van der Waals surface area contributed by atoms with E-state index in [9.17, 15) is 24.3 Å². The average Bonchev–Trinajstić information content (AvgIpc) is 2.80. The fourth-order valence-electron chi connectivity index (χ4n) is 3.89. The zero-order valence-corrected chi connectivity index (χ0v) is 17.0. The topological polar surface area (TPSA) is 110 Å². The van der Waals surface area contributed by atoms with Gasteiger partial charge < -0.3 is 9.84 Å². The second-order valence-electron chi connectivity index (χ2n) is 9.00. The first-order chi connectivity index (χ1) is 12.9. The van der Waals surface area contributed by atoms with E-state index in [-0.39, 0.29) is 18.8 Å². The maximum absolute atomic E-state index is 13.0. The Morgan fingerprint density at radius 2 is 1.86 bits per heavy atom. The molecule has 0 spiro atoms. The number of allylic oxidation sites excluding steroid dienone is 2. The quantitative estimate of drug-likeness (QED) is 0.510. The van der Waals surface area contributed by atoms with E-state index in [4.69, 9.17) is 4.74 Å². The monoisotopic (exact) mass is 391 g/mol. The van der Waals surface area contributed by atoms with E-state index >= 15 is 0 Å². The molecule has 0 radical (unpaired) electrons. The third kappa shape index (κ3) is 4.51. The minimum Gasteiger partial charge on any atom is -0.481 e. The minimum absolute atomic E-state index is 0.0279. The van der Waals surface area contributed by atoms with Gasteiger partial charge in [0.2, 0.25) is 11.8 Å². The van der Waals surface area contributed by atoms with Crippen molar-refractivity contribution in [2.24, 2.45) is 29.1 Å². The molecule has 0 aromatic heterocycles. The van der Waals surface area contributed by atoms with Crippen molar-refractivity contribution in [2.45, 2.75) is 53.1 Å². The van der Waals surface area contributed by atoms with Crippen LogP contribution in [-0.2, 0) is 23.9 Å². The molecule has 7 nitrogen and oxygen atoms in total. The second kappa shape index (κ2) is 7.89. The largest absolute Gasteiger partial charge is 0.481 e. The molecule has 7 heteroatoms. The molecule has 154 valence electrons. The number of amides is 2. The number of hydrogen-bond acceptors (Lipinski definition) is 5. The molecule has 1 aliphatic heterocycles. The molecule has 28 heavy (non-hydrogen) atoms. The molecule has 0 aromatic carbocycles. The van der Waals surface area contributed by atoms with Crippen LogP contribution in [0.15, 0.2) is 24.3 Å². The Morgan fingerprint density at radius 1 is 1.21 bits per heavy atom. The summed E-state index contributed by atoms with van der Waals surface area (Å²) in [5.74, 6) is -5.54. The first-order valence-electron chi connectivity index (χ1n) is 9.54. The first kappa shape index (κ1) is 21.9. The smallest absolute Gasteiger partial charge is 0.310 e. The lowest BCUT2D eigenvalue weighted by Gasteiger charge is -2.35. The second-order valence-corrected chi connectivity index (χ2v) is 9.00. The first-order valence-corrected chi connectivity index (χ1v) is 9.54. The number of carboxylic acids is 1. The van der Waals surface area contributed by atoms with Crippen molar-refractivity contribution in [1.29, 1.82) is 0 Å². The molecule has 0 bridgehead atoms. The van der Waals surface area contributed by atoms with E-state index in [1.54, 1.807) is 45.1 Å². The molecule has 2 rings (SSSR count). The van der Waals surface area contributed by atoms with E-state index in [2.05, 4.69) is 5.32 Å². The number of carboxylic acid groups (broad SMARTS) is 1. The summed E-state index contributed by atoms with van der Waals surface area (Å²) < 4.78 is 5.50. The number of nitrogens with one attached hydrogen (secondary N) is 1. The highest BCUT2D eigenvalue weighted by molar-refractivity contribution is 6.09. The highest BCUT2D eigenvalue weighted by Gasteiger charge is 2.56. The Labute approximate surface area is 165 Å². The highest BCUT2D eigenvalue weighted by Crippen LogP contribution is 2.46. The number of ether oxygens (including phenoxy) is 1. The van der Waals surface area contributed by atoms with Gasteiger partial charge in [-0.3, -0.25) is 24.5 Å². The van der Waals surface area contributed by atoms with Crippen molar-refractivity contribution in [2.75, 3.05) is 0 Å². The van der Waals surface area contributed by atoms with Crippen LogP contribution >= 0.6 is 0 Å². The van der Waals surface area contributed by atoms with Gasteiger partial charge in [-0.25, -0.2) is 0 Å². The zero-order valence-electron chi connectivity index (χ0n) is 17.0. The third-order valence-electron chi connectivity index (χ3n) is 5.10. The molecule has 4 atom stereocenters. The zero-order chi connectivity index (χ0) is 21.3. The number of imide groups is 1. The molecule has 0 aromatic rings. The molecule has 2 amide bonds. The van der Waals surface area contributed by atoms with Crippen LogP contribution in [0.5, 0.6) is 0 Å². The van der Waals surface area contributed by atoms with Gasteiger partial charge in [0.25, 0.3) is 0 Å². The summed E-state index contributed by atoms with van der Waals surface area (Å²) in [6.07, 6.45) is 6.70. The van der Waals surface area contributed by atoms with Crippen molar-refractivity contribution in [1.82, 2.24) is 5.32 Å². The van der Waals surface area contributed by atoms with Crippen LogP contribution < -0.4 is 5.32 Å². The highest BCUT2D eigenvalue weighted by atomic mass is 16.6. The summed E-state index contributed by atoms with van der Waals surface area (Å²) in [6, 6.07) is 0. The van der Waals surface area contributed by atoms with E-state index in [0.29, 0.717) is 0 Å². The molecule has 0 saturated carbocycles. The van der Waals surface area contributed by atoms with Gasteiger partial charge in [0, 0.05) is 0 Å². The Kier molecular flexibility index (Phi) is 6.16. The molecule has 1 heterocycles. The molecule has 2 N–H and O–H groups in total. The lowest BCUT2D eigenvalue weighted by Crippen LogP contribution is -2.43. The van der Waals surface area contributed by atoms with Gasteiger partial charge >= 0.3 is 11.9 Å². The fourth-order valence-corrected chi connectivity index (χ4v) is 3.89. The maximum Gasteiger partial charge on any atom is 0.310 e. The van der Waals surface area contributed by atoms with Crippen LogP contribution in [0, 0.1) is 29.1 Å². The van der Waals surface area contributed by atoms with E-state index in [1.807, 2.05) is 13.8 Å². The summed E-state index contributed by atoms with van der Waals surface area (Å²) in [4.78, 5) is 49.9. The lowest BCUT2D eigenvalue weighted by molar-refractivity contribution is -0.169. The standard InChI is InChI=1S/C21H29NO6/c1-12(2)10-13(17(24)25)14(18(26)28-20(3,4)5)11-21-9-7-6-8-15(21)16(23)22-19(21)27/h6-9,12-15H,10-11H2,1-5H3,(H,24,25)(H,22,23,27). The van der Waals surface area contributed by atoms with Gasteiger partial charge in [0.1, 0.15) is 5.60 Å². The molecular formula is C21H29NO6. The molecule has 1 saturated heterocycles.